The molecule has 10 heavy (non-hydrogen) atoms. The van der Waals surface area contributed by atoms with Crippen molar-refractivity contribution in [3.63, 3.8) is 0 Å². The third-order valence-corrected chi connectivity index (χ3v) is 1.06. The number of aromatic nitrogens is 2. The van der Waals surface area contributed by atoms with E-state index in [0.29, 0.717) is 0 Å². The van der Waals surface area contributed by atoms with Crippen LogP contribution in [0, 0.1) is 10.1 Å². The van der Waals surface area contributed by atoms with Gasteiger partial charge in [-0.3, -0.25) is 4.57 Å². The Morgan fingerprint density at radius 2 is 2.50 bits per heavy atom. The predicted octanol–water partition coefficient (Wildman–Crippen LogP) is 0.0339. The molecule has 6 heteroatoms. The van der Waals surface area contributed by atoms with Crippen LogP contribution in [0.4, 0.5) is 5.82 Å². The average Bonchev–Trinajstić information content (AvgIpc) is 2.14. The van der Waals surface area contributed by atoms with Gasteiger partial charge in [0.2, 0.25) is 6.33 Å². The lowest BCUT2D eigenvalue weighted by Gasteiger charge is -1.89. The van der Waals surface area contributed by atoms with Gasteiger partial charge in [0.05, 0.1) is 0 Å². The van der Waals surface area contributed by atoms with E-state index in [1.54, 1.807) is 0 Å². The fourth-order valence-electron chi connectivity index (χ4n) is 0.540. The zero-order valence-corrected chi connectivity index (χ0v) is 5.18. The van der Waals surface area contributed by atoms with E-state index in [9.17, 15) is 10.1 Å². The highest BCUT2D eigenvalue weighted by Gasteiger charge is 2.17. The maximum absolute atomic E-state index is 10.0. The first-order valence-electron chi connectivity index (χ1n) is 2.47. The van der Waals surface area contributed by atoms with E-state index in [1.807, 2.05) is 0 Å². The van der Waals surface area contributed by atoms with Crippen LogP contribution in [0.1, 0.15) is 0 Å². The Kier molecular flexibility index (Phi) is 1.29. The van der Waals surface area contributed by atoms with Gasteiger partial charge in [-0.2, -0.15) is 0 Å². The van der Waals surface area contributed by atoms with E-state index in [-0.39, 0.29) is 0 Å². The SMILES string of the molecule is Cn1cnc([N+](=O)[O-])c1O. The maximum Gasteiger partial charge on any atom is 0.426 e. The molecule has 6 nitrogen and oxygen atoms in total. The van der Waals surface area contributed by atoms with Crippen molar-refractivity contribution in [2.45, 2.75) is 0 Å². The highest BCUT2D eigenvalue weighted by atomic mass is 16.6. The van der Waals surface area contributed by atoms with Crippen LogP contribution in [0.3, 0.4) is 0 Å². The molecule has 0 spiro atoms. The highest BCUT2D eigenvalue weighted by molar-refractivity contribution is 5.31. The van der Waals surface area contributed by atoms with Crippen LogP contribution in [0.5, 0.6) is 5.88 Å². The summed E-state index contributed by atoms with van der Waals surface area (Å²) in [5, 5.41) is 18.9. The lowest BCUT2D eigenvalue weighted by Crippen LogP contribution is -1.88. The van der Waals surface area contributed by atoms with Crippen LogP contribution in [0.25, 0.3) is 0 Å². The minimum Gasteiger partial charge on any atom is -0.488 e. The van der Waals surface area contributed by atoms with E-state index < -0.39 is 16.6 Å². The molecule has 1 heterocycles. The van der Waals surface area contributed by atoms with Gasteiger partial charge in [-0.15, -0.1) is 0 Å². The van der Waals surface area contributed by atoms with Gasteiger partial charge in [-0.05, 0) is 9.91 Å². The molecule has 0 saturated heterocycles. The average molecular weight is 143 g/mol. The van der Waals surface area contributed by atoms with Crippen molar-refractivity contribution < 1.29 is 10.0 Å². The molecule has 0 unspecified atom stereocenters. The Morgan fingerprint density at radius 3 is 2.70 bits per heavy atom. The van der Waals surface area contributed by atoms with Gasteiger partial charge in [0.1, 0.15) is 0 Å². The fraction of sp³-hybridized carbons (Fsp3) is 0.250. The van der Waals surface area contributed by atoms with Crippen molar-refractivity contribution in [2.75, 3.05) is 0 Å². The van der Waals surface area contributed by atoms with Gasteiger partial charge in [-0.25, -0.2) is 0 Å². The smallest absolute Gasteiger partial charge is 0.426 e. The Bertz CT molecular complexity index is 267. The van der Waals surface area contributed by atoms with E-state index in [2.05, 4.69) is 4.98 Å². The third-order valence-electron chi connectivity index (χ3n) is 1.06. The van der Waals surface area contributed by atoms with Crippen LogP contribution in [0.2, 0.25) is 0 Å². The summed E-state index contributed by atoms with van der Waals surface area (Å²) in [5.41, 5.74) is 0. The van der Waals surface area contributed by atoms with E-state index >= 15 is 0 Å². The van der Waals surface area contributed by atoms with E-state index in [1.165, 1.54) is 13.4 Å². The van der Waals surface area contributed by atoms with Crippen LogP contribution < -0.4 is 0 Å². The molecule has 1 aromatic heterocycles. The first kappa shape index (κ1) is 6.53. The number of aryl methyl sites for hydroxylation is 1. The second kappa shape index (κ2) is 1.98. The predicted molar refractivity (Wildman–Crippen MR) is 31.5 cm³/mol. The fourth-order valence-corrected chi connectivity index (χ4v) is 0.540. The molecule has 0 saturated carbocycles. The standard InChI is InChI=1S/C4H5N3O3/c1-6-2-5-3(4(6)8)7(9)10/h2,8H,1H3. The van der Waals surface area contributed by atoms with Gasteiger partial charge in [-0.1, -0.05) is 0 Å². The van der Waals surface area contributed by atoms with E-state index in [0.717, 1.165) is 4.57 Å². The van der Waals surface area contributed by atoms with Gasteiger partial charge in [0.25, 0.3) is 5.88 Å². The summed E-state index contributed by atoms with van der Waals surface area (Å²) in [4.78, 5) is 12.6. The zero-order chi connectivity index (χ0) is 7.72. The Morgan fingerprint density at radius 1 is 1.90 bits per heavy atom. The molecule has 1 N–H and O–H groups in total. The number of imidazole rings is 1. The Labute approximate surface area is 55.9 Å². The minimum absolute atomic E-state index is 0.426. The molecular weight excluding hydrogens is 138 g/mol. The number of rotatable bonds is 1. The Balaban J connectivity index is 3.17. The number of nitrogens with zero attached hydrogens (tertiary/aromatic N) is 3. The van der Waals surface area contributed by atoms with Crippen LogP contribution >= 0.6 is 0 Å². The van der Waals surface area contributed by atoms with Crippen molar-refractivity contribution in [2.24, 2.45) is 7.05 Å². The highest BCUT2D eigenvalue weighted by Crippen LogP contribution is 2.20. The summed E-state index contributed by atoms with van der Waals surface area (Å²) < 4.78 is 1.16. The van der Waals surface area contributed by atoms with Crippen molar-refractivity contribution in [3.8, 4) is 5.88 Å². The summed E-state index contributed by atoms with van der Waals surface area (Å²) in [6, 6.07) is 0. The van der Waals surface area contributed by atoms with Crippen LogP contribution in [-0.2, 0) is 7.05 Å². The molecule has 1 aromatic rings. The molecule has 0 atom stereocenters. The van der Waals surface area contributed by atoms with E-state index in [4.69, 9.17) is 5.11 Å². The summed E-state index contributed by atoms with van der Waals surface area (Å²) in [7, 11) is 1.47. The largest absolute Gasteiger partial charge is 0.488 e. The molecule has 0 aromatic carbocycles. The van der Waals surface area contributed by atoms with Gasteiger partial charge >= 0.3 is 5.82 Å². The second-order valence-corrected chi connectivity index (χ2v) is 1.76. The molecule has 0 aliphatic rings. The lowest BCUT2D eigenvalue weighted by molar-refractivity contribution is -0.390. The third kappa shape index (κ3) is 0.790. The minimum atomic E-state index is -0.741. The van der Waals surface area contributed by atoms with Gasteiger partial charge < -0.3 is 15.2 Å². The van der Waals surface area contributed by atoms with Gasteiger partial charge in [0.15, 0.2) is 0 Å². The lowest BCUT2D eigenvalue weighted by atomic mass is 10.7. The molecule has 0 amide bonds. The molecule has 0 aliphatic heterocycles. The molecule has 0 aliphatic carbocycles. The summed E-state index contributed by atoms with van der Waals surface area (Å²) in [5.74, 6) is -0.937. The second-order valence-electron chi connectivity index (χ2n) is 1.76. The number of hydrogen-bond acceptors (Lipinski definition) is 4. The topological polar surface area (TPSA) is 81.2 Å². The maximum atomic E-state index is 10.0. The summed E-state index contributed by atoms with van der Waals surface area (Å²) in [6.45, 7) is 0. The molecule has 0 bridgehead atoms. The number of hydrogen-bond donors (Lipinski definition) is 1. The number of aromatic hydroxyl groups is 1. The van der Waals surface area contributed by atoms with Gasteiger partial charge in [0, 0.05) is 7.05 Å². The monoisotopic (exact) mass is 143 g/mol. The molecule has 0 radical (unpaired) electrons. The quantitative estimate of drug-likeness (QED) is 0.444. The molecule has 54 valence electrons. The molecule has 0 fully saturated rings. The molecule has 1 rings (SSSR count). The first-order valence-corrected chi connectivity index (χ1v) is 2.47. The summed E-state index contributed by atoms with van der Waals surface area (Å²) in [6.07, 6.45) is 1.17. The van der Waals surface area contributed by atoms with Crippen molar-refractivity contribution >= 4 is 5.82 Å². The Hall–Kier alpha value is -1.59. The van der Waals surface area contributed by atoms with Crippen LogP contribution in [0.15, 0.2) is 6.33 Å². The first-order chi connectivity index (χ1) is 4.63. The number of nitro groups is 1. The van der Waals surface area contributed by atoms with Crippen molar-refractivity contribution in [1.29, 1.82) is 0 Å². The normalized spacial score (nSPS) is 9.70. The van der Waals surface area contributed by atoms with Crippen molar-refractivity contribution in [1.82, 2.24) is 9.55 Å². The summed E-state index contributed by atoms with van der Waals surface area (Å²) >= 11 is 0. The molecular formula is C4H5N3O3. The van der Waals surface area contributed by atoms with Crippen LogP contribution in [-0.4, -0.2) is 19.6 Å². The zero-order valence-electron chi connectivity index (χ0n) is 5.18. The van der Waals surface area contributed by atoms with Crippen molar-refractivity contribution in [3.05, 3.63) is 16.4 Å².